The Kier molecular flexibility index (Phi) is 3.68. The van der Waals surface area contributed by atoms with Crippen molar-refractivity contribution in [1.29, 1.82) is 5.26 Å². The Morgan fingerprint density at radius 2 is 2.16 bits per heavy atom. The first-order valence-electron chi connectivity index (χ1n) is 5.39. The number of nitro groups is 1. The molecule has 0 radical (unpaired) electrons. The van der Waals surface area contributed by atoms with Crippen LogP contribution >= 0.6 is 11.3 Å². The summed E-state index contributed by atoms with van der Waals surface area (Å²) in [7, 11) is 0. The first-order valence-corrected chi connectivity index (χ1v) is 6.27. The summed E-state index contributed by atoms with van der Waals surface area (Å²) < 4.78 is 0. The molecule has 5 nitrogen and oxygen atoms in total. The zero-order valence-electron chi connectivity index (χ0n) is 10.0. The van der Waals surface area contributed by atoms with E-state index in [-0.39, 0.29) is 5.69 Å². The highest BCUT2D eigenvalue weighted by Crippen LogP contribution is 2.22. The Hall–Kier alpha value is -2.52. The smallest absolute Gasteiger partial charge is 0.258 e. The summed E-state index contributed by atoms with van der Waals surface area (Å²) in [6, 6.07) is 8.13. The van der Waals surface area contributed by atoms with Gasteiger partial charge in [-0.3, -0.25) is 10.1 Å². The van der Waals surface area contributed by atoms with Crippen LogP contribution in [0, 0.1) is 28.4 Å². The minimum atomic E-state index is -0.455. The third kappa shape index (κ3) is 3.03. The van der Waals surface area contributed by atoms with Crippen molar-refractivity contribution >= 4 is 28.7 Å². The summed E-state index contributed by atoms with van der Waals surface area (Å²) in [5.41, 5.74) is 2.08. The molecule has 0 saturated heterocycles. The number of allylic oxidation sites excluding steroid dienone is 1. The lowest BCUT2D eigenvalue weighted by Gasteiger charge is -1.96. The van der Waals surface area contributed by atoms with Gasteiger partial charge in [0.1, 0.15) is 11.1 Å². The Balaban J connectivity index is 2.33. The van der Waals surface area contributed by atoms with E-state index in [2.05, 4.69) is 11.1 Å². The van der Waals surface area contributed by atoms with Gasteiger partial charge in [0.05, 0.1) is 10.5 Å². The van der Waals surface area contributed by atoms with Crippen LogP contribution in [-0.4, -0.2) is 9.91 Å². The van der Waals surface area contributed by atoms with Crippen molar-refractivity contribution in [1.82, 2.24) is 4.98 Å². The van der Waals surface area contributed by atoms with E-state index in [1.807, 2.05) is 12.3 Å². The third-order valence-electron chi connectivity index (χ3n) is 2.38. The normalized spacial score (nSPS) is 11.1. The number of benzene rings is 1. The number of rotatable bonds is 3. The van der Waals surface area contributed by atoms with E-state index < -0.39 is 4.92 Å². The standard InChI is InChI=1S/C13H9N3O2S/c1-9-8-19-13(15-9)11(7-14)6-10-2-4-12(5-3-10)16(17)18/h2-6,8H,1H3/b11-6+. The van der Waals surface area contributed by atoms with Gasteiger partial charge in [-0.1, -0.05) is 0 Å². The highest BCUT2D eigenvalue weighted by molar-refractivity contribution is 7.11. The molecule has 0 saturated carbocycles. The summed E-state index contributed by atoms with van der Waals surface area (Å²) in [6.45, 7) is 1.86. The third-order valence-corrected chi connectivity index (χ3v) is 3.38. The van der Waals surface area contributed by atoms with Crippen molar-refractivity contribution in [2.45, 2.75) is 6.92 Å². The van der Waals surface area contributed by atoms with Crippen LogP contribution in [0.2, 0.25) is 0 Å². The van der Waals surface area contributed by atoms with E-state index in [1.165, 1.54) is 23.5 Å². The van der Waals surface area contributed by atoms with E-state index in [0.717, 1.165) is 11.3 Å². The van der Waals surface area contributed by atoms with Gasteiger partial charge >= 0.3 is 0 Å². The second kappa shape index (κ2) is 5.42. The Morgan fingerprint density at radius 3 is 2.63 bits per heavy atom. The molecule has 0 amide bonds. The SMILES string of the molecule is Cc1csc(/C(C#N)=C/c2ccc([N+](=O)[O-])cc2)n1. The molecule has 0 N–H and O–H groups in total. The summed E-state index contributed by atoms with van der Waals surface area (Å²) in [6.07, 6.45) is 1.67. The van der Waals surface area contributed by atoms with Crippen molar-refractivity contribution in [3.05, 3.63) is 56.0 Å². The number of nitro benzene ring substituents is 1. The molecule has 1 heterocycles. The van der Waals surface area contributed by atoms with Crippen molar-refractivity contribution in [2.75, 3.05) is 0 Å². The van der Waals surface area contributed by atoms with Gasteiger partial charge in [-0.05, 0) is 30.7 Å². The zero-order chi connectivity index (χ0) is 13.8. The molecule has 0 bridgehead atoms. The number of thiazole rings is 1. The molecule has 94 valence electrons. The zero-order valence-corrected chi connectivity index (χ0v) is 10.8. The van der Waals surface area contributed by atoms with Crippen LogP contribution in [0.3, 0.4) is 0 Å². The summed E-state index contributed by atoms with van der Waals surface area (Å²) in [5.74, 6) is 0. The number of aromatic nitrogens is 1. The van der Waals surface area contributed by atoms with Gasteiger partial charge in [0.25, 0.3) is 5.69 Å². The molecule has 1 aromatic heterocycles. The first kappa shape index (κ1) is 12.9. The molecule has 1 aromatic carbocycles. The lowest BCUT2D eigenvalue weighted by Crippen LogP contribution is -1.87. The molecule has 2 rings (SSSR count). The van der Waals surface area contributed by atoms with E-state index in [1.54, 1.807) is 18.2 Å². The summed E-state index contributed by atoms with van der Waals surface area (Å²) in [4.78, 5) is 14.3. The van der Waals surface area contributed by atoms with Crippen LogP contribution in [0.1, 0.15) is 16.3 Å². The van der Waals surface area contributed by atoms with Crippen molar-refractivity contribution < 1.29 is 4.92 Å². The number of nitriles is 1. The molecule has 19 heavy (non-hydrogen) atoms. The van der Waals surface area contributed by atoms with Gasteiger partial charge in [-0.25, -0.2) is 4.98 Å². The van der Waals surface area contributed by atoms with Gasteiger partial charge in [0.2, 0.25) is 0 Å². The van der Waals surface area contributed by atoms with Gasteiger partial charge in [0.15, 0.2) is 0 Å². The quantitative estimate of drug-likeness (QED) is 0.486. The molecule has 0 aliphatic carbocycles. The molecule has 2 aromatic rings. The van der Waals surface area contributed by atoms with E-state index in [9.17, 15) is 10.1 Å². The Morgan fingerprint density at radius 1 is 1.47 bits per heavy atom. The minimum absolute atomic E-state index is 0.0285. The maximum Gasteiger partial charge on any atom is 0.269 e. The van der Waals surface area contributed by atoms with Gasteiger partial charge < -0.3 is 0 Å². The lowest BCUT2D eigenvalue weighted by atomic mass is 10.1. The van der Waals surface area contributed by atoms with Crippen molar-refractivity contribution in [3.63, 3.8) is 0 Å². The molecule has 0 aliphatic rings. The van der Waals surface area contributed by atoms with Gasteiger partial charge in [0, 0.05) is 23.2 Å². The Labute approximate surface area is 113 Å². The number of hydrogen-bond acceptors (Lipinski definition) is 5. The number of aryl methyl sites for hydroxylation is 1. The molecule has 0 unspecified atom stereocenters. The lowest BCUT2D eigenvalue weighted by molar-refractivity contribution is -0.384. The van der Waals surface area contributed by atoms with Crippen molar-refractivity contribution in [3.8, 4) is 6.07 Å². The van der Waals surface area contributed by atoms with Crippen LogP contribution < -0.4 is 0 Å². The molecule has 6 heteroatoms. The largest absolute Gasteiger partial charge is 0.269 e. The molecular formula is C13H9N3O2S. The molecule has 0 fully saturated rings. The fourth-order valence-electron chi connectivity index (χ4n) is 1.48. The van der Waals surface area contributed by atoms with Crippen molar-refractivity contribution in [2.24, 2.45) is 0 Å². The topological polar surface area (TPSA) is 79.8 Å². The fraction of sp³-hybridized carbons (Fsp3) is 0.0769. The second-order valence-electron chi connectivity index (χ2n) is 3.81. The maximum atomic E-state index is 10.5. The predicted octanol–water partition coefficient (Wildman–Crippen LogP) is 3.42. The Bertz CT molecular complexity index is 681. The van der Waals surface area contributed by atoms with E-state index >= 15 is 0 Å². The average Bonchev–Trinajstić information content (AvgIpc) is 2.83. The van der Waals surface area contributed by atoms with Crippen LogP contribution in [0.15, 0.2) is 29.6 Å². The van der Waals surface area contributed by atoms with Gasteiger partial charge in [-0.2, -0.15) is 5.26 Å². The summed E-state index contributed by atoms with van der Waals surface area (Å²) >= 11 is 1.40. The van der Waals surface area contributed by atoms with Gasteiger partial charge in [-0.15, -0.1) is 11.3 Å². The van der Waals surface area contributed by atoms with Crippen LogP contribution in [0.5, 0.6) is 0 Å². The number of nitrogens with zero attached hydrogens (tertiary/aromatic N) is 3. The summed E-state index contributed by atoms with van der Waals surface area (Å²) in [5, 5.41) is 22.2. The number of hydrogen-bond donors (Lipinski definition) is 0. The minimum Gasteiger partial charge on any atom is -0.258 e. The molecule has 0 atom stereocenters. The highest BCUT2D eigenvalue weighted by Gasteiger charge is 2.07. The maximum absolute atomic E-state index is 10.5. The first-order chi connectivity index (χ1) is 9.10. The van der Waals surface area contributed by atoms with E-state index in [0.29, 0.717) is 10.6 Å². The fourth-order valence-corrected chi connectivity index (χ4v) is 2.24. The van der Waals surface area contributed by atoms with Crippen LogP contribution in [0.4, 0.5) is 5.69 Å². The van der Waals surface area contributed by atoms with E-state index in [4.69, 9.17) is 5.26 Å². The van der Waals surface area contributed by atoms with Crippen LogP contribution in [-0.2, 0) is 0 Å². The number of non-ortho nitro benzene ring substituents is 1. The second-order valence-corrected chi connectivity index (χ2v) is 4.67. The molecular weight excluding hydrogens is 262 g/mol. The highest BCUT2D eigenvalue weighted by atomic mass is 32.1. The van der Waals surface area contributed by atoms with Crippen LogP contribution in [0.25, 0.3) is 11.6 Å². The molecule has 0 aliphatic heterocycles. The molecule has 0 spiro atoms. The predicted molar refractivity (Wildman–Crippen MR) is 73.4 cm³/mol. The monoisotopic (exact) mass is 271 g/mol. The average molecular weight is 271 g/mol.